The lowest BCUT2D eigenvalue weighted by atomic mass is 9.98. The van der Waals surface area contributed by atoms with Gasteiger partial charge in [0, 0.05) is 6.54 Å². The van der Waals surface area contributed by atoms with Crippen LogP contribution in [-0.2, 0) is 16.1 Å². The first kappa shape index (κ1) is 14.5. The van der Waals surface area contributed by atoms with E-state index in [1.54, 1.807) is 17.9 Å². The first-order valence-corrected chi connectivity index (χ1v) is 6.72. The summed E-state index contributed by atoms with van der Waals surface area (Å²) in [7, 11) is 0. The molecule has 1 unspecified atom stereocenters. The van der Waals surface area contributed by atoms with Crippen LogP contribution < -0.4 is 5.32 Å². The summed E-state index contributed by atoms with van der Waals surface area (Å²) < 4.78 is 13.1. The van der Waals surface area contributed by atoms with Crippen LogP contribution >= 0.6 is 0 Å². The second-order valence-corrected chi connectivity index (χ2v) is 5.50. The molecule has 0 aromatic heterocycles. The second-order valence-electron chi connectivity index (χ2n) is 5.50. The summed E-state index contributed by atoms with van der Waals surface area (Å²) in [6.07, 6.45) is 0. The molecule has 5 heteroatoms. The lowest BCUT2D eigenvalue weighted by Crippen LogP contribution is -2.59. The molecule has 0 bridgehead atoms. The van der Waals surface area contributed by atoms with Gasteiger partial charge in [-0.2, -0.15) is 0 Å². The van der Waals surface area contributed by atoms with Gasteiger partial charge in [0.15, 0.2) is 0 Å². The summed E-state index contributed by atoms with van der Waals surface area (Å²) in [6, 6.07) is 4.01. The number of carbonyl (C=O) groups is 2. The molecule has 1 aromatic rings. The molecule has 108 valence electrons. The van der Waals surface area contributed by atoms with Crippen LogP contribution in [0.2, 0.25) is 0 Å². The third kappa shape index (κ3) is 2.81. The molecule has 2 amide bonds. The summed E-state index contributed by atoms with van der Waals surface area (Å²) in [5.74, 6) is -0.499. The number of carbonyl (C=O) groups excluding carboxylic acids is 2. The Morgan fingerprint density at radius 1 is 1.40 bits per heavy atom. The number of piperazine rings is 1. The predicted molar refractivity (Wildman–Crippen MR) is 73.3 cm³/mol. The van der Waals surface area contributed by atoms with Gasteiger partial charge in [-0.05, 0) is 36.1 Å². The van der Waals surface area contributed by atoms with Crippen LogP contribution in [0.5, 0.6) is 0 Å². The Hall–Kier alpha value is -1.91. The highest BCUT2D eigenvalue weighted by Gasteiger charge is 2.36. The molecule has 0 saturated carbocycles. The van der Waals surface area contributed by atoms with E-state index in [0.29, 0.717) is 6.54 Å². The molecule has 20 heavy (non-hydrogen) atoms. The lowest BCUT2D eigenvalue weighted by molar-refractivity contribution is -0.148. The van der Waals surface area contributed by atoms with E-state index in [9.17, 15) is 14.0 Å². The van der Waals surface area contributed by atoms with E-state index in [-0.39, 0.29) is 30.1 Å². The Labute approximate surface area is 118 Å². The summed E-state index contributed by atoms with van der Waals surface area (Å²) in [6.45, 7) is 5.99. The second kappa shape index (κ2) is 5.61. The summed E-state index contributed by atoms with van der Waals surface area (Å²) in [5.41, 5.74) is 1.64. The molecule has 1 saturated heterocycles. The van der Waals surface area contributed by atoms with Crippen molar-refractivity contribution in [2.24, 2.45) is 5.92 Å². The van der Waals surface area contributed by atoms with Crippen molar-refractivity contribution in [2.75, 3.05) is 6.54 Å². The first-order chi connectivity index (χ1) is 9.40. The van der Waals surface area contributed by atoms with Crippen LogP contribution in [0.1, 0.15) is 25.0 Å². The number of rotatable bonds is 3. The van der Waals surface area contributed by atoms with Crippen molar-refractivity contribution >= 4 is 11.8 Å². The normalized spacial score (nSPS) is 19.4. The van der Waals surface area contributed by atoms with Crippen LogP contribution in [0.15, 0.2) is 18.2 Å². The average molecular weight is 278 g/mol. The number of benzene rings is 1. The smallest absolute Gasteiger partial charge is 0.243 e. The zero-order valence-electron chi connectivity index (χ0n) is 11.9. The van der Waals surface area contributed by atoms with Gasteiger partial charge in [0.1, 0.15) is 11.9 Å². The molecule has 1 atom stereocenters. The largest absolute Gasteiger partial charge is 0.345 e. The molecule has 4 nitrogen and oxygen atoms in total. The molecular formula is C15H19FN2O2. The van der Waals surface area contributed by atoms with Gasteiger partial charge in [-0.1, -0.05) is 19.9 Å². The topological polar surface area (TPSA) is 49.4 Å². The maximum Gasteiger partial charge on any atom is 0.243 e. The zero-order valence-corrected chi connectivity index (χ0v) is 11.9. The van der Waals surface area contributed by atoms with Crippen molar-refractivity contribution in [1.82, 2.24) is 10.2 Å². The third-order valence-electron chi connectivity index (χ3n) is 3.62. The number of halogens is 1. The summed E-state index contributed by atoms with van der Waals surface area (Å²) in [4.78, 5) is 25.6. The van der Waals surface area contributed by atoms with Gasteiger partial charge in [0.25, 0.3) is 0 Å². The quantitative estimate of drug-likeness (QED) is 0.913. The van der Waals surface area contributed by atoms with Crippen molar-refractivity contribution in [3.05, 3.63) is 35.1 Å². The highest BCUT2D eigenvalue weighted by molar-refractivity contribution is 5.94. The SMILES string of the molecule is Cc1cc(F)ccc1CN1C(=O)CNC(=O)C1C(C)C. The summed E-state index contributed by atoms with van der Waals surface area (Å²) in [5, 5.41) is 2.61. The Bertz CT molecular complexity index is 543. The summed E-state index contributed by atoms with van der Waals surface area (Å²) >= 11 is 0. The molecule has 1 N–H and O–H groups in total. The van der Waals surface area contributed by atoms with Crippen molar-refractivity contribution in [3.8, 4) is 0 Å². The van der Waals surface area contributed by atoms with Gasteiger partial charge in [-0.25, -0.2) is 4.39 Å². The fourth-order valence-corrected chi connectivity index (χ4v) is 2.53. The number of hydrogen-bond acceptors (Lipinski definition) is 2. The molecule has 1 heterocycles. The lowest BCUT2D eigenvalue weighted by Gasteiger charge is -2.37. The third-order valence-corrected chi connectivity index (χ3v) is 3.62. The Balaban J connectivity index is 2.28. The highest BCUT2D eigenvalue weighted by atomic mass is 19.1. The number of nitrogens with one attached hydrogen (secondary N) is 1. The molecule has 0 aliphatic carbocycles. The van der Waals surface area contributed by atoms with Gasteiger partial charge >= 0.3 is 0 Å². The predicted octanol–water partition coefficient (Wildman–Crippen LogP) is 1.62. The van der Waals surface area contributed by atoms with Crippen LogP contribution in [-0.4, -0.2) is 29.3 Å². The Kier molecular flexibility index (Phi) is 4.06. The van der Waals surface area contributed by atoms with Gasteiger partial charge in [0.05, 0.1) is 6.54 Å². The maximum absolute atomic E-state index is 13.1. The minimum absolute atomic E-state index is 0.0278. The molecule has 1 aliphatic rings. The average Bonchev–Trinajstić information content (AvgIpc) is 2.36. The highest BCUT2D eigenvalue weighted by Crippen LogP contribution is 2.20. The van der Waals surface area contributed by atoms with E-state index in [2.05, 4.69) is 5.32 Å². The van der Waals surface area contributed by atoms with Crippen molar-refractivity contribution in [3.63, 3.8) is 0 Å². The van der Waals surface area contributed by atoms with E-state index in [1.165, 1.54) is 12.1 Å². The fraction of sp³-hybridized carbons (Fsp3) is 0.467. The standard InChI is InChI=1S/C15H19FN2O2/c1-9(2)14-15(20)17-7-13(19)18(14)8-11-4-5-12(16)6-10(11)3/h4-6,9,14H,7-8H2,1-3H3,(H,17,20). The van der Waals surface area contributed by atoms with Crippen LogP contribution in [0.25, 0.3) is 0 Å². The minimum atomic E-state index is -0.472. The van der Waals surface area contributed by atoms with Crippen molar-refractivity contribution in [1.29, 1.82) is 0 Å². The van der Waals surface area contributed by atoms with Crippen molar-refractivity contribution < 1.29 is 14.0 Å². The van der Waals surface area contributed by atoms with Crippen LogP contribution in [0.4, 0.5) is 4.39 Å². The molecule has 0 radical (unpaired) electrons. The monoisotopic (exact) mass is 278 g/mol. The van der Waals surface area contributed by atoms with Crippen LogP contribution in [0.3, 0.4) is 0 Å². The van der Waals surface area contributed by atoms with Gasteiger partial charge in [-0.15, -0.1) is 0 Å². The van der Waals surface area contributed by atoms with E-state index in [1.807, 2.05) is 13.8 Å². The number of nitrogens with zero attached hydrogens (tertiary/aromatic N) is 1. The Morgan fingerprint density at radius 3 is 2.70 bits per heavy atom. The van der Waals surface area contributed by atoms with Crippen LogP contribution in [0, 0.1) is 18.7 Å². The van der Waals surface area contributed by atoms with Gasteiger partial charge < -0.3 is 10.2 Å². The van der Waals surface area contributed by atoms with E-state index < -0.39 is 6.04 Å². The van der Waals surface area contributed by atoms with E-state index >= 15 is 0 Å². The number of amides is 2. The number of aryl methyl sites for hydroxylation is 1. The fourth-order valence-electron chi connectivity index (χ4n) is 2.53. The number of hydrogen-bond donors (Lipinski definition) is 1. The molecule has 0 spiro atoms. The molecule has 1 aliphatic heterocycles. The molecule has 1 fully saturated rings. The van der Waals surface area contributed by atoms with E-state index in [4.69, 9.17) is 0 Å². The maximum atomic E-state index is 13.1. The first-order valence-electron chi connectivity index (χ1n) is 6.72. The van der Waals surface area contributed by atoms with Gasteiger partial charge in [-0.3, -0.25) is 9.59 Å². The zero-order chi connectivity index (χ0) is 14.9. The van der Waals surface area contributed by atoms with E-state index in [0.717, 1.165) is 11.1 Å². The molecule has 1 aromatic carbocycles. The minimum Gasteiger partial charge on any atom is -0.345 e. The molecular weight excluding hydrogens is 259 g/mol. The molecule has 2 rings (SSSR count). The van der Waals surface area contributed by atoms with Crippen molar-refractivity contribution in [2.45, 2.75) is 33.4 Å². The Morgan fingerprint density at radius 2 is 2.10 bits per heavy atom. The van der Waals surface area contributed by atoms with Gasteiger partial charge in [0.2, 0.25) is 11.8 Å².